The maximum atomic E-state index is 13.9. The van der Waals surface area contributed by atoms with Crippen LogP contribution in [0.3, 0.4) is 0 Å². The third kappa shape index (κ3) is 7.65. The molecule has 0 aliphatic rings. The molecule has 8 nitrogen and oxygen atoms in total. The molecule has 3 aromatic carbocycles. The summed E-state index contributed by atoms with van der Waals surface area (Å²) in [4.78, 5) is 28.2. The normalized spacial score (nSPS) is 12.1. The number of hydrogen-bond acceptors (Lipinski definition) is 5. The molecule has 0 spiro atoms. The molecular weight excluding hydrogens is 561 g/mol. The topological polar surface area (TPSA) is 96.0 Å². The fourth-order valence-electron chi connectivity index (χ4n) is 3.82. The van der Waals surface area contributed by atoms with Crippen LogP contribution in [-0.2, 0) is 26.2 Å². The highest BCUT2D eigenvalue weighted by Gasteiger charge is 2.33. The molecule has 208 valence electrons. The van der Waals surface area contributed by atoms with E-state index in [0.29, 0.717) is 21.4 Å². The summed E-state index contributed by atoms with van der Waals surface area (Å²) in [6.07, 6.45) is 0. The van der Waals surface area contributed by atoms with Crippen LogP contribution in [0.4, 0.5) is 5.69 Å². The van der Waals surface area contributed by atoms with Crippen LogP contribution < -0.4 is 14.4 Å². The highest BCUT2D eigenvalue weighted by molar-refractivity contribution is 7.92. The molecule has 2 amide bonds. The Balaban J connectivity index is 2.04. The second kappa shape index (κ2) is 13.2. The molecule has 39 heavy (non-hydrogen) atoms. The minimum atomic E-state index is -4.15. The molecule has 0 heterocycles. The SMILES string of the molecule is COc1ccc(N(CC(=O)N(Cc2ccc(Cl)cc2Cl)[C@H](C)C(=O)NC(C)C)S(=O)(=O)c2ccccc2)cc1. The number of benzene rings is 3. The molecule has 11 heteroatoms. The summed E-state index contributed by atoms with van der Waals surface area (Å²) in [5.41, 5.74) is 0.817. The largest absolute Gasteiger partial charge is 0.497 e. The molecule has 0 aromatic heterocycles. The van der Waals surface area contributed by atoms with Crippen LogP contribution in [0.15, 0.2) is 77.7 Å². The Morgan fingerprint density at radius 3 is 2.15 bits per heavy atom. The van der Waals surface area contributed by atoms with Crippen molar-refractivity contribution in [2.45, 2.75) is 44.3 Å². The van der Waals surface area contributed by atoms with E-state index in [-0.39, 0.29) is 29.1 Å². The van der Waals surface area contributed by atoms with Gasteiger partial charge in [0.25, 0.3) is 10.0 Å². The molecule has 0 saturated carbocycles. The standard InChI is InChI=1S/C28H31Cl2N3O5S/c1-19(2)31-28(35)20(3)32(17-21-10-11-22(29)16-26(21)30)27(34)18-33(23-12-14-24(38-4)15-13-23)39(36,37)25-8-6-5-7-9-25/h5-16,19-20H,17-18H2,1-4H3,(H,31,35)/t20-/m1/s1. The van der Waals surface area contributed by atoms with E-state index in [1.54, 1.807) is 67.6 Å². The molecule has 0 bridgehead atoms. The minimum Gasteiger partial charge on any atom is -0.497 e. The maximum absolute atomic E-state index is 13.9. The number of methoxy groups -OCH3 is 1. The quantitative estimate of drug-likeness (QED) is 0.333. The lowest BCUT2D eigenvalue weighted by molar-refractivity contribution is -0.139. The number of carbonyl (C=O) groups excluding carboxylic acids is 2. The first kappa shape index (κ1) is 30.3. The third-order valence-corrected chi connectivity index (χ3v) is 8.30. The predicted molar refractivity (Wildman–Crippen MR) is 154 cm³/mol. The number of carbonyl (C=O) groups is 2. The Morgan fingerprint density at radius 2 is 1.59 bits per heavy atom. The van der Waals surface area contributed by atoms with Crippen molar-refractivity contribution in [3.05, 3.63) is 88.4 Å². The van der Waals surface area contributed by atoms with Gasteiger partial charge in [-0.2, -0.15) is 0 Å². The molecule has 3 rings (SSSR count). The molecule has 0 aliphatic carbocycles. The summed E-state index contributed by atoms with van der Waals surface area (Å²) in [7, 11) is -2.65. The Hall–Kier alpha value is -3.27. The molecule has 3 aromatic rings. The first-order valence-corrected chi connectivity index (χ1v) is 14.4. The van der Waals surface area contributed by atoms with Gasteiger partial charge in [-0.15, -0.1) is 0 Å². The molecule has 0 unspecified atom stereocenters. The van der Waals surface area contributed by atoms with Crippen molar-refractivity contribution in [2.75, 3.05) is 18.0 Å². The van der Waals surface area contributed by atoms with E-state index in [1.807, 2.05) is 13.8 Å². The Kier molecular flexibility index (Phi) is 10.2. The van der Waals surface area contributed by atoms with Crippen molar-refractivity contribution in [1.29, 1.82) is 0 Å². The summed E-state index contributed by atoms with van der Waals surface area (Å²) >= 11 is 12.4. The van der Waals surface area contributed by atoms with E-state index in [4.69, 9.17) is 27.9 Å². The lowest BCUT2D eigenvalue weighted by atomic mass is 10.1. The first-order chi connectivity index (χ1) is 18.4. The van der Waals surface area contributed by atoms with Crippen molar-refractivity contribution in [1.82, 2.24) is 10.2 Å². The van der Waals surface area contributed by atoms with Gasteiger partial charge >= 0.3 is 0 Å². The molecular formula is C28H31Cl2N3O5S. The second-order valence-corrected chi connectivity index (χ2v) is 11.8. The van der Waals surface area contributed by atoms with E-state index in [1.165, 1.54) is 24.1 Å². The zero-order valence-corrected chi connectivity index (χ0v) is 24.4. The Bertz CT molecular complexity index is 1400. The Morgan fingerprint density at radius 1 is 0.949 bits per heavy atom. The average molecular weight is 593 g/mol. The van der Waals surface area contributed by atoms with Gasteiger partial charge in [-0.25, -0.2) is 8.42 Å². The summed E-state index contributed by atoms with van der Waals surface area (Å²) in [6.45, 7) is 4.61. The summed E-state index contributed by atoms with van der Waals surface area (Å²) in [5, 5.41) is 3.55. The smallest absolute Gasteiger partial charge is 0.264 e. The Labute approximate surface area is 239 Å². The van der Waals surface area contributed by atoms with Gasteiger partial charge in [0, 0.05) is 22.6 Å². The number of hydrogen-bond donors (Lipinski definition) is 1. The third-order valence-electron chi connectivity index (χ3n) is 5.92. The first-order valence-electron chi connectivity index (χ1n) is 12.2. The van der Waals surface area contributed by atoms with Crippen molar-refractivity contribution < 1.29 is 22.7 Å². The van der Waals surface area contributed by atoms with Gasteiger partial charge in [0.05, 0.1) is 17.7 Å². The summed E-state index contributed by atoms with van der Waals surface area (Å²) in [5.74, 6) is -0.451. The van der Waals surface area contributed by atoms with Gasteiger partial charge in [0.2, 0.25) is 11.8 Å². The molecule has 0 aliphatic heterocycles. The molecule has 0 fully saturated rings. The maximum Gasteiger partial charge on any atom is 0.264 e. The van der Waals surface area contributed by atoms with Gasteiger partial charge in [-0.3, -0.25) is 13.9 Å². The fraction of sp³-hybridized carbons (Fsp3) is 0.286. The fourth-order valence-corrected chi connectivity index (χ4v) is 5.72. The highest BCUT2D eigenvalue weighted by atomic mass is 35.5. The van der Waals surface area contributed by atoms with Crippen LogP contribution in [0.25, 0.3) is 0 Å². The van der Waals surface area contributed by atoms with Gasteiger partial charge < -0.3 is 15.0 Å². The molecule has 1 N–H and O–H groups in total. The molecule has 1 atom stereocenters. The van der Waals surface area contributed by atoms with Crippen molar-refractivity contribution in [3.63, 3.8) is 0 Å². The van der Waals surface area contributed by atoms with Gasteiger partial charge in [0.1, 0.15) is 18.3 Å². The van der Waals surface area contributed by atoms with E-state index >= 15 is 0 Å². The van der Waals surface area contributed by atoms with Crippen molar-refractivity contribution in [2.24, 2.45) is 0 Å². The number of halogens is 2. The number of amides is 2. The zero-order valence-electron chi connectivity index (χ0n) is 22.1. The predicted octanol–water partition coefficient (Wildman–Crippen LogP) is 5.14. The van der Waals surface area contributed by atoms with E-state index < -0.39 is 28.5 Å². The van der Waals surface area contributed by atoms with Crippen molar-refractivity contribution >= 4 is 50.7 Å². The zero-order chi connectivity index (χ0) is 28.7. The van der Waals surface area contributed by atoms with Crippen LogP contribution in [0.5, 0.6) is 5.75 Å². The average Bonchev–Trinajstić information content (AvgIpc) is 2.91. The lowest BCUT2D eigenvalue weighted by Crippen LogP contribution is -2.52. The van der Waals surface area contributed by atoms with Crippen molar-refractivity contribution in [3.8, 4) is 5.75 Å². The van der Waals surface area contributed by atoms with E-state index in [0.717, 1.165) is 4.31 Å². The summed E-state index contributed by atoms with van der Waals surface area (Å²) < 4.78 is 33.7. The van der Waals surface area contributed by atoms with Crippen LogP contribution in [0.2, 0.25) is 10.0 Å². The van der Waals surface area contributed by atoms with Crippen LogP contribution in [0.1, 0.15) is 26.3 Å². The second-order valence-electron chi connectivity index (χ2n) is 9.12. The number of sulfonamides is 1. The molecule has 0 radical (unpaired) electrons. The van der Waals surface area contributed by atoms with E-state index in [2.05, 4.69) is 5.32 Å². The number of nitrogens with one attached hydrogen (secondary N) is 1. The van der Waals surface area contributed by atoms with Crippen LogP contribution >= 0.6 is 23.2 Å². The number of anilines is 1. The summed E-state index contributed by atoms with van der Waals surface area (Å²) in [6, 6.07) is 17.9. The lowest BCUT2D eigenvalue weighted by Gasteiger charge is -2.32. The van der Waals surface area contributed by atoms with Crippen LogP contribution in [0, 0.1) is 0 Å². The monoisotopic (exact) mass is 591 g/mol. The number of nitrogens with zero attached hydrogens (tertiary/aromatic N) is 2. The van der Waals surface area contributed by atoms with Gasteiger partial charge in [0.15, 0.2) is 0 Å². The number of rotatable bonds is 11. The van der Waals surface area contributed by atoms with Gasteiger partial charge in [-0.1, -0.05) is 47.5 Å². The number of ether oxygens (including phenoxy) is 1. The van der Waals surface area contributed by atoms with E-state index in [9.17, 15) is 18.0 Å². The minimum absolute atomic E-state index is 0.0199. The molecule has 0 saturated heterocycles. The highest BCUT2D eigenvalue weighted by Crippen LogP contribution is 2.27. The van der Waals surface area contributed by atoms with Crippen LogP contribution in [-0.4, -0.2) is 50.9 Å². The van der Waals surface area contributed by atoms with Gasteiger partial charge in [-0.05, 0) is 74.9 Å².